The first kappa shape index (κ1) is 36.4. The molecule has 6 nitrogen and oxygen atoms in total. The number of fused-ring (bicyclic) bond motifs is 2. The van der Waals surface area contributed by atoms with E-state index in [9.17, 15) is 8.42 Å². The van der Waals surface area contributed by atoms with Gasteiger partial charge in [0.15, 0.2) is 23.0 Å². The Balaban J connectivity index is 0.000000240. The van der Waals surface area contributed by atoms with Crippen LogP contribution in [0, 0.1) is 0 Å². The fraction of sp³-hybridized carbons (Fsp3) is 0.667. The topological polar surface area (TPSA) is 71.1 Å². The zero-order chi connectivity index (χ0) is 31.6. The standard InChI is InChI=1S/2C18H28O3S/c2*1-3-4-5-6-7-8-11-22(19)15(2)12-16-9-10-17-18(13-16)21-14-20-17/h2*9-10,13,15H,3-8,11-12,14H2,1-2H3. The van der Waals surface area contributed by atoms with Gasteiger partial charge in [-0.2, -0.15) is 0 Å². The second-order valence-corrected chi connectivity index (χ2v) is 16.1. The van der Waals surface area contributed by atoms with Crippen LogP contribution in [0.15, 0.2) is 36.4 Å². The summed E-state index contributed by atoms with van der Waals surface area (Å²) in [4.78, 5) is 0. The predicted octanol–water partition coefficient (Wildman–Crippen LogP) is 8.91. The zero-order valence-corrected chi connectivity index (χ0v) is 29.2. The van der Waals surface area contributed by atoms with E-state index in [0.717, 1.165) is 60.2 Å². The van der Waals surface area contributed by atoms with Crippen LogP contribution in [0.1, 0.15) is 116 Å². The van der Waals surface area contributed by atoms with Gasteiger partial charge in [-0.25, -0.2) is 0 Å². The molecule has 44 heavy (non-hydrogen) atoms. The van der Waals surface area contributed by atoms with Gasteiger partial charge in [-0.1, -0.05) is 104 Å². The Labute approximate surface area is 271 Å². The number of hydrogen-bond donors (Lipinski definition) is 0. The highest BCUT2D eigenvalue weighted by Gasteiger charge is 2.18. The van der Waals surface area contributed by atoms with Gasteiger partial charge in [0.05, 0.1) is 0 Å². The molecule has 0 spiro atoms. The van der Waals surface area contributed by atoms with E-state index in [1.54, 1.807) is 0 Å². The molecule has 4 unspecified atom stereocenters. The van der Waals surface area contributed by atoms with Crippen molar-refractivity contribution in [3.8, 4) is 23.0 Å². The van der Waals surface area contributed by atoms with Crippen molar-refractivity contribution in [1.29, 1.82) is 0 Å². The lowest BCUT2D eigenvalue weighted by Gasteiger charge is -2.12. The summed E-state index contributed by atoms with van der Waals surface area (Å²) in [7, 11) is -1.49. The number of benzene rings is 2. The maximum atomic E-state index is 12.3. The molecule has 8 heteroatoms. The van der Waals surface area contributed by atoms with E-state index in [0.29, 0.717) is 13.6 Å². The molecule has 2 aromatic rings. The lowest BCUT2D eigenvalue weighted by atomic mass is 10.1. The van der Waals surface area contributed by atoms with Gasteiger partial charge < -0.3 is 18.9 Å². The van der Waals surface area contributed by atoms with Crippen LogP contribution in [0.3, 0.4) is 0 Å². The van der Waals surface area contributed by atoms with Crippen molar-refractivity contribution in [2.75, 3.05) is 25.1 Å². The van der Waals surface area contributed by atoms with Crippen LogP contribution in [0.4, 0.5) is 0 Å². The van der Waals surface area contributed by atoms with Crippen molar-refractivity contribution in [3.05, 3.63) is 47.5 Å². The molecule has 248 valence electrons. The summed E-state index contributed by atoms with van der Waals surface area (Å²) >= 11 is 0. The van der Waals surface area contributed by atoms with Gasteiger partial charge in [-0.15, -0.1) is 0 Å². The Bertz CT molecular complexity index is 1060. The molecule has 0 radical (unpaired) electrons. The van der Waals surface area contributed by atoms with Crippen molar-refractivity contribution < 1.29 is 27.4 Å². The largest absolute Gasteiger partial charge is 0.454 e. The molecule has 0 saturated heterocycles. The van der Waals surface area contributed by atoms with Crippen LogP contribution in [-0.4, -0.2) is 44.0 Å². The van der Waals surface area contributed by atoms with Crippen molar-refractivity contribution in [3.63, 3.8) is 0 Å². The highest BCUT2D eigenvalue weighted by Crippen LogP contribution is 2.34. The van der Waals surface area contributed by atoms with Crippen molar-refractivity contribution in [1.82, 2.24) is 0 Å². The van der Waals surface area contributed by atoms with Gasteiger partial charge in [0.2, 0.25) is 13.6 Å². The van der Waals surface area contributed by atoms with Crippen LogP contribution < -0.4 is 18.9 Å². The molecule has 2 heterocycles. The summed E-state index contributed by atoms with van der Waals surface area (Å²) in [6.45, 7) is 9.23. The third-order valence-corrected chi connectivity index (χ3v) is 11.7. The fourth-order valence-corrected chi connectivity index (χ4v) is 7.98. The molecule has 0 aromatic heterocycles. The Morgan fingerprint density at radius 3 is 1.32 bits per heavy atom. The molecule has 2 aliphatic heterocycles. The minimum Gasteiger partial charge on any atom is -0.454 e. The van der Waals surface area contributed by atoms with Gasteiger partial charge >= 0.3 is 0 Å². The lowest BCUT2D eigenvalue weighted by molar-refractivity contribution is 0.173. The quantitative estimate of drug-likeness (QED) is 0.134. The number of rotatable bonds is 20. The minimum absolute atomic E-state index is 0.191. The van der Waals surface area contributed by atoms with E-state index in [4.69, 9.17) is 18.9 Å². The van der Waals surface area contributed by atoms with Crippen molar-refractivity contribution in [2.24, 2.45) is 0 Å². The third kappa shape index (κ3) is 13.1. The van der Waals surface area contributed by atoms with E-state index in [1.165, 1.54) is 75.3 Å². The zero-order valence-electron chi connectivity index (χ0n) is 27.6. The second kappa shape index (κ2) is 20.9. The Kier molecular flexibility index (Phi) is 17.3. The summed E-state index contributed by atoms with van der Waals surface area (Å²) in [5.74, 6) is 4.91. The first-order valence-corrected chi connectivity index (χ1v) is 19.7. The summed E-state index contributed by atoms with van der Waals surface area (Å²) in [5, 5.41) is 0.382. The average Bonchev–Trinajstić information content (AvgIpc) is 3.69. The molecule has 2 aromatic carbocycles. The fourth-order valence-electron chi connectivity index (χ4n) is 5.44. The monoisotopic (exact) mass is 648 g/mol. The van der Waals surface area contributed by atoms with Crippen LogP contribution in [0.25, 0.3) is 0 Å². The summed E-state index contributed by atoms with van der Waals surface area (Å²) in [6.07, 6.45) is 16.6. The Morgan fingerprint density at radius 1 is 0.545 bits per heavy atom. The molecule has 2 aliphatic rings. The maximum absolute atomic E-state index is 12.3. The number of hydrogen-bond acceptors (Lipinski definition) is 6. The highest BCUT2D eigenvalue weighted by molar-refractivity contribution is 7.85. The van der Waals surface area contributed by atoms with Crippen LogP contribution in [0.2, 0.25) is 0 Å². The molecule has 0 N–H and O–H groups in total. The minimum atomic E-state index is -0.743. The molecule has 4 rings (SSSR count). The first-order chi connectivity index (χ1) is 21.4. The van der Waals surface area contributed by atoms with E-state index in [1.807, 2.05) is 36.4 Å². The van der Waals surface area contributed by atoms with Gasteiger partial charge in [0.1, 0.15) is 0 Å². The van der Waals surface area contributed by atoms with Crippen LogP contribution >= 0.6 is 0 Å². The van der Waals surface area contributed by atoms with Crippen molar-refractivity contribution in [2.45, 2.75) is 128 Å². The normalized spacial score (nSPS) is 15.7. The van der Waals surface area contributed by atoms with Gasteiger partial charge in [0, 0.05) is 43.6 Å². The SMILES string of the molecule is CCCCCCCCS(=O)C(C)Cc1ccc2c(c1)OCO2.CCCCCCCCS(=O)C(C)Cc1ccc2c(c1)OCO2. The van der Waals surface area contributed by atoms with E-state index in [-0.39, 0.29) is 10.5 Å². The molecule has 0 amide bonds. The lowest BCUT2D eigenvalue weighted by Crippen LogP contribution is -2.16. The smallest absolute Gasteiger partial charge is 0.231 e. The van der Waals surface area contributed by atoms with Gasteiger partial charge in [-0.05, 0) is 61.1 Å². The summed E-state index contributed by atoms with van der Waals surface area (Å²) in [6, 6.07) is 12.0. The van der Waals surface area contributed by atoms with E-state index < -0.39 is 21.6 Å². The Hall–Kier alpha value is -2.06. The molecule has 0 fully saturated rings. The molecule has 4 atom stereocenters. The highest BCUT2D eigenvalue weighted by atomic mass is 32.2. The average molecular weight is 649 g/mol. The Morgan fingerprint density at radius 2 is 0.909 bits per heavy atom. The summed E-state index contributed by atoms with van der Waals surface area (Å²) in [5.41, 5.74) is 2.35. The molecule has 0 aliphatic carbocycles. The van der Waals surface area contributed by atoms with Gasteiger partial charge in [-0.3, -0.25) is 8.42 Å². The molecule has 0 saturated carbocycles. The maximum Gasteiger partial charge on any atom is 0.231 e. The van der Waals surface area contributed by atoms with Crippen LogP contribution in [-0.2, 0) is 34.4 Å². The third-order valence-electron chi connectivity index (χ3n) is 8.22. The molecular formula is C36H56O6S2. The molecule has 0 bridgehead atoms. The number of unbranched alkanes of at least 4 members (excludes halogenated alkanes) is 10. The molecular weight excluding hydrogens is 593 g/mol. The first-order valence-electron chi connectivity index (χ1n) is 16.9. The van der Waals surface area contributed by atoms with Gasteiger partial charge in [0.25, 0.3) is 0 Å². The second-order valence-electron chi connectivity index (χ2n) is 12.1. The summed E-state index contributed by atoms with van der Waals surface area (Å²) < 4.78 is 46.1. The number of ether oxygens (including phenoxy) is 4. The van der Waals surface area contributed by atoms with E-state index in [2.05, 4.69) is 27.7 Å². The van der Waals surface area contributed by atoms with Crippen molar-refractivity contribution >= 4 is 21.6 Å². The van der Waals surface area contributed by atoms with Crippen LogP contribution in [0.5, 0.6) is 23.0 Å². The van der Waals surface area contributed by atoms with E-state index >= 15 is 0 Å². The predicted molar refractivity (Wildman–Crippen MR) is 184 cm³/mol.